The number of esters is 1. The van der Waals surface area contributed by atoms with Crippen molar-refractivity contribution in [1.29, 1.82) is 0 Å². The Labute approximate surface area is 218 Å². The topological polar surface area (TPSA) is 129 Å². The first kappa shape index (κ1) is 24.8. The van der Waals surface area contributed by atoms with Gasteiger partial charge in [0.15, 0.2) is 17.2 Å². The van der Waals surface area contributed by atoms with E-state index in [-0.39, 0.29) is 30.0 Å². The van der Waals surface area contributed by atoms with Crippen molar-refractivity contribution in [3.63, 3.8) is 0 Å². The summed E-state index contributed by atoms with van der Waals surface area (Å²) in [5.41, 5.74) is 3.48. The Morgan fingerprint density at radius 2 is 1.92 bits per heavy atom. The molecule has 194 valence electrons. The number of aromatic nitrogens is 5. The summed E-state index contributed by atoms with van der Waals surface area (Å²) < 4.78 is 18.8. The molecule has 11 heteroatoms. The number of hydrogen-bond acceptors (Lipinski definition) is 10. The molecule has 0 aliphatic heterocycles. The lowest BCUT2D eigenvalue weighted by atomic mass is 10.1. The fourth-order valence-corrected chi connectivity index (χ4v) is 3.85. The van der Waals surface area contributed by atoms with Crippen LogP contribution in [-0.2, 0) is 4.74 Å². The Balaban J connectivity index is 1.52. The number of rotatable bonds is 9. The third-order valence-electron chi connectivity index (χ3n) is 5.67. The summed E-state index contributed by atoms with van der Waals surface area (Å²) in [6, 6.07) is 13.2. The monoisotopic (exact) mass is 513 g/mol. The number of anilines is 4. The summed E-state index contributed by atoms with van der Waals surface area (Å²) in [4.78, 5) is 26.2. The van der Waals surface area contributed by atoms with E-state index in [2.05, 4.69) is 30.7 Å². The van der Waals surface area contributed by atoms with Crippen molar-refractivity contribution < 1.29 is 18.7 Å². The third kappa shape index (κ3) is 4.99. The van der Waals surface area contributed by atoms with Gasteiger partial charge in [0.1, 0.15) is 11.1 Å². The Morgan fingerprint density at radius 1 is 1.08 bits per heavy atom. The number of para-hydroxylation sites is 3. The zero-order valence-corrected chi connectivity index (χ0v) is 21.4. The smallest absolute Gasteiger partial charge is 0.343 e. The van der Waals surface area contributed by atoms with Gasteiger partial charge >= 0.3 is 5.97 Å². The fourth-order valence-electron chi connectivity index (χ4n) is 3.85. The number of carbonyl (C=O) groups is 1. The van der Waals surface area contributed by atoms with E-state index in [1.807, 2.05) is 67.2 Å². The summed E-state index contributed by atoms with van der Waals surface area (Å²) in [5, 5.41) is 10.7. The summed E-state index contributed by atoms with van der Waals surface area (Å²) in [5.74, 6) is 0.844. The van der Waals surface area contributed by atoms with Gasteiger partial charge in [-0.05, 0) is 45.0 Å². The van der Waals surface area contributed by atoms with Crippen molar-refractivity contribution in [3.05, 3.63) is 66.6 Å². The van der Waals surface area contributed by atoms with Gasteiger partial charge in [-0.25, -0.2) is 14.8 Å². The molecule has 0 radical (unpaired) electrons. The molecular formula is C27H27N7O4. The average Bonchev–Trinajstić information content (AvgIpc) is 3.56. The molecule has 5 rings (SSSR count). The Hall–Kier alpha value is -4.93. The lowest BCUT2D eigenvalue weighted by molar-refractivity contribution is 0.0526. The van der Waals surface area contributed by atoms with E-state index in [0.717, 1.165) is 5.52 Å². The summed E-state index contributed by atoms with van der Waals surface area (Å²) >= 11 is 0. The highest BCUT2D eigenvalue weighted by molar-refractivity contribution is 5.96. The van der Waals surface area contributed by atoms with Crippen LogP contribution < -0.4 is 15.4 Å². The van der Waals surface area contributed by atoms with Crippen molar-refractivity contribution in [2.75, 3.05) is 24.4 Å². The molecule has 3 heterocycles. The second-order valence-corrected chi connectivity index (χ2v) is 8.60. The molecule has 38 heavy (non-hydrogen) atoms. The van der Waals surface area contributed by atoms with Crippen LogP contribution in [0.25, 0.3) is 22.6 Å². The minimum atomic E-state index is -0.553. The van der Waals surface area contributed by atoms with Gasteiger partial charge in [-0.15, -0.1) is 0 Å². The second kappa shape index (κ2) is 10.6. The van der Waals surface area contributed by atoms with Crippen molar-refractivity contribution >= 4 is 40.2 Å². The Kier molecular flexibility index (Phi) is 6.90. The Morgan fingerprint density at radius 3 is 2.66 bits per heavy atom. The predicted octanol–water partition coefficient (Wildman–Crippen LogP) is 5.73. The van der Waals surface area contributed by atoms with E-state index in [0.29, 0.717) is 34.2 Å². The minimum absolute atomic E-state index is 0.171. The standard InChI is InChI=1S/C27H27N7O4/c1-5-37-26(35)19-14-28-27(30-17-13-29-34(15-17)16(2)3)33-24(19)31-21-11-8-9-18(23(21)36-4)25-32-20-10-6-7-12-22(20)38-25/h6-16H,5H2,1-4H3,(H2,28,30,31,33). The normalized spacial score (nSPS) is 11.1. The van der Waals surface area contributed by atoms with Crippen LogP contribution in [0, 0.1) is 0 Å². The first-order valence-corrected chi connectivity index (χ1v) is 12.1. The molecule has 0 fully saturated rings. The number of oxazole rings is 1. The average molecular weight is 514 g/mol. The van der Waals surface area contributed by atoms with Crippen molar-refractivity contribution in [2.24, 2.45) is 0 Å². The quantitative estimate of drug-likeness (QED) is 0.236. The minimum Gasteiger partial charge on any atom is -0.494 e. The molecule has 0 atom stereocenters. The molecule has 0 spiro atoms. The van der Waals surface area contributed by atoms with Gasteiger partial charge < -0.3 is 24.5 Å². The van der Waals surface area contributed by atoms with Crippen molar-refractivity contribution in [1.82, 2.24) is 24.7 Å². The van der Waals surface area contributed by atoms with Gasteiger partial charge in [0.25, 0.3) is 0 Å². The zero-order chi connectivity index (χ0) is 26.6. The molecule has 0 saturated heterocycles. The predicted molar refractivity (Wildman–Crippen MR) is 143 cm³/mol. The van der Waals surface area contributed by atoms with E-state index in [1.165, 1.54) is 6.20 Å². The van der Waals surface area contributed by atoms with Crippen LogP contribution in [0.15, 0.2) is 65.5 Å². The summed E-state index contributed by atoms with van der Waals surface area (Å²) in [6.45, 7) is 6.02. The number of nitrogens with zero attached hydrogens (tertiary/aromatic N) is 5. The number of methoxy groups -OCH3 is 1. The molecular weight excluding hydrogens is 486 g/mol. The van der Waals surface area contributed by atoms with Crippen LogP contribution in [0.2, 0.25) is 0 Å². The molecule has 0 aliphatic carbocycles. The maximum atomic E-state index is 12.7. The molecule has 2 N–H and O–H groups in total. The van der Waals surface area contributed by atoms with E-state index < -0.39 is 5.97 Å². The number of benzene rings is 2. The van der Waals surface area contributed by atoms with E-state index in [9.17, 15) is 4.79 Å². The van der Waals surface area contributed by atoms with Gasteiger partial charge in [-0.3, -0.25) is 4.68 Å². The van der Waals surface area contributed by atoms with Crippen LogP contribution in [0.1, 0.15) is 37.2 Å². The number of nitrogens with one attached hydrogen (secondary N) is 2. The second-order valence-electron chi connectivity index (χ2n) is 8.60. The maximum absolute atomic E-state index is 12.7. The van der Waals surface area contributed by atoms with Gasteiger partial charge in [0.05, 0.1) is 36.9 Å². The highest BCUT2D eigenvalue weighted by atomic mass is 16.5. The molecule has 0 bridgehead atoms. The molecule has 0 unspecified atom stereocenters. The van der Waals surface area contributed by atoms with Gasteiger partial charge in [0, 0.05) is 18.4 Å². The number of fused-ring (bicyclic) bond motifs is 1. The molecule has 0 aliphatic rings. The molecule has 5 aromatic rings. The maximum Gasteiger partial charge on any atom is 0.343 e. The summed E-state index contributed by atoms with van der Waals surface area (Å²) in [7, 11) is 1.55. The van der Waals surface area contributed by atoms with Crippen LogP contribution >= 0.6 is 0 Å². The molecule has 11 nitrogen and oxygen atoms in total. The molecule has 2 aromatic carbocycles. The summed E-state index contributed by atoms with van der Waals surface area (Å²) in [6.07, 6.45) is 4.95. The highest BCUT2D eigenvalue weighted by Gasteiger charge is 2.21. The van der Waals surface area contributed by atoms with Crippen molar-refractivity contribution in [3.8, 4) is 17.2 Å². The zero-order valence-electron chi connectivity index (χ0n) is 21.4. The lowest BCUT2D eigenvalue weighted by Gasteiger charge is -2.15. The van der Waals surface area contributed by atoms with Gasteiger partial charge in [-0.1, -0.05) is 18.2 Å². The fraction of sp³-hybridized carbons (Fsp3) is 0.222. The third-order valence-corrected chi connectivity index (χ3v) is 5.67. The first-order chi connectivity index (χ1) is 18.5. The first-order valence-electron chi connectivity index (χ1n) is 12.1. The van der Waals surface area contributed by atoms with E-state index in [1.54, 1.807) is 20.2 Å². The lowest BCUT2D eigenvalue weighted by Crippen LogP contribution is -2.12. The largest absolute Gasteiger partial charge is 0.494 e. The SMILES string of the molecule is CCOC(=O)c1cnc(Nc2cnn(C(C)C)c2)nc1Nc1cccc(-c2nc3ccccc3o2)c1OC. The number of ether oxygens (including phenoxy) is 2. The van der Waals surface area contributed by atoms with Crippen LogP contribution in [0.4, 0.5) is 23.1 Å². The molecule has 0 amide bonds. The number of hydrogen-bond donors (Lipinski definition) is 2. The van der Waals surface area contributed by atoms with Gasteiger partial charge in [0.2, 0.25) is 11.8 Å². The highest BCUT2D eigenvalue weighted by Crippen LogP contribution is 2.39. The van der Waals surface area contributed by atoms with Crippen molar-refractivity contribution in [2.45, 2.75) is 26.8 Å². The van der Waals surface area contributed by atoms with E-state index >= 15 is 0 Å². The van der Waals surface area contributed by atoms with Crippen LogP contribution in [-0.4, -0.2) is 44.4 Å². The van der Waals surface area contributed by atoms with Gasteiger partial charge in [-0.2, -0.15) is 10.1 Å². The van der Waals surface area contributed by atoms with E-state index in [4.69, 9.17) is 13.9 Å². The molecule has 0 saturated carbocycles. The Bertz CT molecular complexity index is 1560. The van der Waals surface area contributed by atoms with Crippen LogP contribution in [0.5, 0.6) is 5.75 Å². The van der Waals surface area contributed by atoms with Crippen LogP contribution in [0.3, 0.4) is 0 Å². The number of carbonyl (C=O) groups excluding carboxylic acids is 1. The molecule has 3 aromatic heterocycles.